The molecule has 0 spiro atoms. The van der Waals surface area contributed by atoms with Crippen molar-refractivity contribution >= 4 is 17.3 Å². The minimum absolute atomic E-state index is 0.661. The zero-order valence-electron chi connectivity index (χ0n) is 10.3. The number of halogens is 1. The van der Waals surface area contributed by atoms with E-state index >= 15 is 0 Å². The van der Waals surface area contributed by atoms with Gasteiger partial charge in [-0.05, 0) is 36.5 Å². The Morgan fingerprint density at radius 1 is 1.35 bits per heavy atom. The Balaban J connectivity index is 2.28. The molecular weight excluding hydrogens is 232 g/mol. The fraction of sp³-hybridized carbons (Fsp3) is 0.500. The average molecular weight is 249 g/mol. The van der Waals surface area contributed by atoms with Gasteiger partial charge in [-0.15, -0.1) is 0 Å². The number of anilines is 1. The predicted molar refractivity (Wildman–Crippen MR) is 71.3 cm³/mol. The number of hydrogen-bond donors (Lipinski definition) is 0. The summed E-state index contributed by atoms with van der Waals surface area (Å²) in [6.07, 6.45) is 1.18. The van der Waals surface area contributed by atoms with Crippen LogP contribution < -0.4 is 4.90 Å². The maximum Gasteiger partial charge on any atom is 0.101 e. The predicted octanol–water partition coefficient (Wildman–Crippen LogP) is 3.69. The van der Waals surface area contributed by atoms with E-state index in [4.69, 9.17) is 16.9 Å². The molecule has 0 aliphatic carbocycles. The van der Waals surface area contributed by atoms with Crippen LogP contribution in [-0.4, -0.2) is 13.1 Å². The second-order valence-electron chi connectivity index (χ2n) is 4.96. The highest BCUT2D eigenvalue weighted by Gasteiger charge is 2.24. The first-order valence-corrected chi connectivity index (χ1v) is 6.44. The van der Waals surface area contributed by atoms with Crippen LogP contribution in [-0.2, 0) is 0 Å². The summed E-state index contributed by atoms with van der Waals surface area (Å²) in [6, 6.07) is 7.73. The fourth-order valence-corrected chi connectivity index (χ4v) is 2.51. The molecule has 1 aromatic carbocycles. The van der Waals surface area contributed by atoms with E-state index in [9.17, 15) is 0 Å². The molecule has 1 aliphatic heterocycles. The highest BCUT2D eigenvalue weighted by Crippen LogP contribution is 2.30. The number of benzene rings is 1. The molecule has 90 valence electrons. The molecule has 1 aliphatic rings. The van der Waals surface area contributed by atoms with E-state index in [0.29, 0.717) is 10.9 Å². The molecule has 0 N–H and O–H groups in total. The lowest BCUT2D eigenvalue weighted by atomic mass is 9.88. The molecule has 0 bridgehead atoms. The number of hydrogen-bond acceptors (Lipinski definition) is 2. The summed E-state index contributed by atoms with van der Waals surface area (Å²) in [6.45, 7) is 6.59. The van der Waals surface area contributed by atoms with Crippen LogP contribution in [0.3, 0.4) is 0 Å². The summed E-state index contributed by atoms with van der Waals surface area (Å²) in [7, 11) is 0. The van der Waals surface area contributed by atoms with Gasteiger partial charge in [0.15, 0.2) is 0 Å². The Morgan fingerprint density at radius 2 is 2.12 bits per heavy atom. The molecule has 0 radical (unpaired) electrons. The minimum Gasteiger partial charge on any atom is -0.370 e. The van der Waals surface area contributed by atoms with Crippen molar-refractivity contribution in [2.24, 2.45) is 11.8 Å². The molecule has 1 saturated heterocycles. The van der Waals surface area contributed by atoms with Gasteiger partial charge in [-0.3, -0.25) is 0 Å². The van der Waals surface area contributed by atoms with Crippen molar-refractivity contribution in [3.63, 3.8) is 0 Å². The monoisotopic (exact) mass is 248 g/mol. The van der Waals surface area contributed by atoms with Crippen molar-refractivity contribution < 1.29 is 0 Å². The largest absolute Gasteiger partial charge is 0.370 e. The standard InChI is InChI=1S/C14H17ClN2/c1-10-5-6-17(9-11(10)2)14-7-13(15)4-3-12(14)8-16/h3-4,7,10-11H,5-6,9H2,1-2H3. The molecule has 2 nitrogen and oxygen atoms in total. The van der Waals surface area contributed by atoms with Gasteiger partial charge in [0.1, 0.15) is 6.07 Å². The van der Waals surface area contributed by atoms with E-state index in [1.54, 1.807) is 12.1 Å². The van der Waals surface area contributed by atoms with E-state index in [1.807, 2.05) is 6.07 Å². The highest BCUT2D eigenvalue weighted by atomic mass is 35.5. The third kappa shape index (κ3) is 2.56. The molecular formula is C14H17ClN2. The van der Waals surface area contributed by atoms with Gasteiger partial charge >= 0.3 is 0 Å². The second-order valence-corrected chi connectivity index (χ2v) is 5.40. The first kappa shape index (κ1) is 12.3. The molecule has 2 atom stereocenters. The van der Waals surface area contributed by atoms with E-state index in [2.05, 4.69) is 24.8 Å². The molecule has 1 aromatic rings. The van der Waals surface area contributed by atoms with Crippen LogP contribution in [0.4, 0.5) is 5.69 Å². The summed E-state index contributed by atoms with van der Waals surface area (Å²) >= 11 is 6.02. The van der Waals surface area contributed by atoms with E-state index in [0.717, 1.165) is 30.3 Å². The van der Waals surface area contributed by atoms with Gasteiger partial charge in [-0.1, -0.05) is 25.4 Å². The van der Waals surface area contributed by atoms with Crippen LogP contribution in [0.15, 0.2) is 18.2 Å². The molecule has 1 heterocycles. The Kier molecular flexibility index (Phi) is 3.59. The molecule has 0 saturated carbocycles. The molecule has 0 aromatic heterocycles. The summed E-state index contributed by atoms with van der Waals surface area (Å²) in [5, 5.41) is 9.84. The van der Waals surface area contributed by atoms with Crippen LogP contribution in [0.2, 0.25) is 5.02 Å². The maximum atomic E-state index is 9.14. The summed E-state index contributed by atoms with van der Waals surface area (Å²) in [4.78, 5) is 2.29. The number of piperidine rings is 1. The van der Waals surface area contributed by atoms with E-state index in [1.165, 1.54) is 6.42 Å². The molecule has 2 rings (SSSR count). The first-order chi connectivity index (χ1) is 8.11. The molecule has 0 amide bonds. The molecule has 17 heavy (non-hydrogen) atoms. The summed E-state index contributed by atoms with van der Waals surface area (Å²) < 4.78 is 0. The van der Waals surface area contributed by atoms with Gasteiger partial charge in [-0.2, -0.15) is 5.26 Å². The second kappa shape index (κ2) is 4.98. The Labute approximate surface area is 108 Å². The fourth-order valence-electron chi connectivity index (χ4n) is 2.34. The normalized spacial score (nSPS) is 24.5. The van der Waals surface area contributed by atoms with Crippen molar-refractivity contribution in [2.75, 3.05) is 18.0 Å². The maximum absolute atomic E-state index is 9.14. The number of rotatable bonds is 1. The van der Waals surface area contributed by atoms with Gasteiger partial charge < -0.3 is 4.90 Å². The Hall–Kier alpha value is -1.20. The molecule has 3 heteroatoms. The van der Waals surface area contributed by atoms with Gasteiger partial charge in [-0.25, -0.2) is 0 Å². The number of nitrogens with zero attached hydrogens (tertiary/aromatic N) is 2. The van der Waals surface area contributed by atoms with E-state index < -0.39 is 0 Å². The third-order valence-electron chi connectivity index (χ3n) is 3.76. The summed E-state index contributed by atoms with van der Waals surface area (Å²) in [5.74, 6) is 1.42. The van der Waals surface area contributed by atoms with Gasteiger partial charge in [0.25, 0.3) is 0 Å². The quantitative estimate of drug-likeness (QED) is 0.758. The van der Waals surface area contributed by atoms with Crippen LogP contribution in [0, 0.1) is 23.2 Å². The van der Waals surface area contributed by atoms with Crippen molar-refractivity contribution in [3.05, 3.63) is 28.8 Å². The van der Waals surface area contributed by atoms with E-state index in [-0.39, 0.29) is 0 Å². The van der Waals surface area contributed by atoms with Gasteiger partial charge in [0.05, 0.1) is 11.3 Å². The van der Waals surface area contributed by atoms with Gasteiger partial charge in [0, 0.05) is 18.1 Å². The van der Waals surface area contributed by atoms with Crippen molar-refractivity contribution in [2.45, 2.75) is 20.3 Å². The van der Waals surface area contributed by atoms with Crippen LogP contribution in [0.5, 0.6) is 0 Å². The Bertz CT molecular complexity index is 450. The number of nitriles is 1. The zero-order chi connectivity index (χ0) is 12.4. The zero-order valence-corrected chi connectivity index (χ0v) is 11.0. The Morgan fingerprint density at radius 3 is 2.76 bits per heavy atom. The van der Waals surface area contributed by atoms with Crippen LogP contribution >= 0.6 is 11.6 Å². The lowest BCUT2D eigenvalue weighted by Crippen LogP contribution is -2.38. The van der Waals surface area contributed by atoms with Gasteiger partial charge in [0.2, 0.25) is 0 Å². The average Bonchev–Trinajstić information content (AvgIpc) is 2.32. The third-order valence-corrected chi connectivity index (χ3v) is 3.99. The van der Waals surface area contributed by atoms with Crippen molar-refractivity contribution in [1.82, 2.24) is 0 Å². The SMILES string of the molecule is CC1CCN(c2cc(Cl)ccc2C#N)CC1C. The van der Waals surface area contributed by atoms with Crippen molar-refractivity contribution in [3.8, 4) is 6.07 Å². The topological polar surface area (TPSA) is 27.0 Å². The first-order valence-electron chi connectivity index (χ1n) is 6.06. The minimum atomic E-state index is 0.661. The summed E-state index contributed by atoms with van der Waals surface area (Å²) in [5.41, 5.74) is 1.70. The lowest BCUT2D eigenvalue weighted by molar-refractivity contribution is 0.324. The molecule has 2 unspecified atom stereocenters. The van der Waals surface area contributed by atoms with Crippen molar-refractivity contribution in [1.29, 1.82) is 5.26 Å². The van der Waals surface area contributed by atoms with Crippen LogP contribution in [0.1, 0.15) is 25.8 Å². The highest BCUT2D eigenvalue weighted by molar-refractivity contribution is 6.30. The smallest absolute Gasteiger partial charge is 0.101 e. The van der Waals surface area contributed by atoms with Crippen LogP contribution in [0.25, 0.3) is 0 Å². The molecule has 1 fully saturated rings. The lowest BCUT2D eigenvalue weighted by Gasteiger charge is -2.37.